The highest BCUT2D eigenvalue weighted by atomic mass is 31.2. The molecule has 0 saturated carbocycles. The molecule has 0 atom stereocenters. The smallest absolute Gasteiger partial charge is 0.357 e. The van der Waals surface area contributed by atoms with Gasteiger partial charge in [0.2, 0.25) is 0 Å². The average Bonchev–Trinajstić information content (AvgIpc) is 3.01. The van der Waals surface area contributed by atoms with Crippen LogP contribution in [0.15, 0.2) is 79.5 Å². The lowest BCUT2D eigenvalue weighted by molar-refractivity contribution is 0.387. The number of aromatic amines is 1. The van der Waals surface area contributed by atoms with E-state index >= 15 is 0 Å². The van der Waals surface area contributed by atoms with Crippen molar-refractivity contribution in [3.63, 3.8) is 0 Å². The van der Waals surface area contributed by atoms with Gasteiger partial charge in [-0.1, -0.05) is 48.5 Å². The number of para-hydroxylation sites is 2. The molecule has 0 fully saturated rings. The second kappa shape index (κ2) is 7.67. The van der Waals surface area contributed by atoms with E-state index in [0.29, 0.717) is 17.5 Å². The molecular formula is C20H19N2O3P. The summed E-state index contributed by atoms with van der Waals surface area (Å²) in [6.07, 6.45) is 3.83. The SMILES string of the molecule is C=CCc1[nH]c2ccccc2c1P(=O)(O)O.c1ccc2ncccc2c1. The van der Waals surface area contributed by atoms with Crippen molar-refractivity contribution in [3.05, 3.63) is 85.2 Å². The van der Waals surface area contributed by atoms with Crippen LogP contribution in [-0.4, -0.2) is 19.8 Å². The summed E-state index contributed by atoms with van der Waals surface area (Å²) in [5, 5.41) is 1.86. The molecule has 4 rings (SSSR count). The van der Waals surface area contributed by atoms with Gasteiger partial charge in [-0.3, -0.25) is 9.55 Å². The van der Waals surface area contributed by atoms with Crippen LogP contribution in [0.1, 0.15) is 5.69 Å². The van der Waals surface area contributed by atoms with Gasteiger partial charge in [-0.2, -0.15) is 0 Å². The average molecular weight is 366 g/mol. The molecule has 0 aliphatic rings. The summed E-state index contributed by atoms with van der Waals surface area (Å²) in [6, 6.07) is 19.2. The molecule has 5 nitrogen and oxygen atoms in total. The summed E-state index contributed by atoms with van der Waals surface area (Å²) in [5.41, 5.74) is 2.33. The van der Waals surface area contributed by atoms with Crippen molar-refractivity contribution in [1.29, 1.82) is 0 Å². The molecule has 0 saturated heterocycles. The van der Waals surface area contributed by atoms with Crippen molar-refractivity contribution in [2.75, 3.05) is 0 Å². The van der Waals surface area contributed by atoms with Crippen LogP contribution in [0.25, 0.3) is 21.8 Å². The second-order valence-electron chi connectivity index (χ2n) is 5.73. The van der Waals surface area contributed by atoms with Gasteiger partial charge in [-0.15, -0.1) is 6.58 Å². The molecule has 2 aromatic heterocycles. The van der Waals surface area contributed by atoms with E-state index in [-0.39, 0.29) is 5.30 Å². The molecule has 132 valence electrons. The van der Waals surface area contributed by atoms with Crippen LogP contribution >= 0.6 is 7.60 Å². The maximum atomic E-state index is 11.4. The number of nitrogens with zero attached hydrogens (tertiary/aromatic N) is 1. The molecule has 0 amide bonds. The molecule has 0 radical (unpaired) electrons. The van der Waals surface area contributed by atoms with Crippen molar-refractivity contribution in [3.8, 4) is 0 Å². The van der Waals surface area contributed by atoms with Crippen LogP contribution in [0.4, 0.5) is 0 Å². The fourth-order valence-corrected chi connectivity index (χ4v) is 3.83. The monoisotopic (exact) mass is 366 g/mol. The van der Waals surface area contributed by atoms with Gasteiger partial charge in [0.15, 0.2) is 0 Å². The van der Waals surface area contributed by atoms with Crippen molar-refractivity contribution in [2.45, 2.75) is 6.42 Å². The quantitative estimate of drug-likeness (QED) is 0.379. The maximum Gasteiger partial charge on any atom is 0.358 e. The first-order chi connectivity index (χ1) is 12.5. The summed E-state index contributed by atoms with van der Waals surface area (Å²) < 4.78 is 11.4. The Morgan fingerprint density at radius 2 is 1.73 bits per heavy atom. The van der Waals surface area contributed by atoms with Crippen LogP contribution in [0.3, 0.4) is 0 Å². The zero-order valence-electron chi connectivity index (χ0n) is 14.0. The van der Waals surface area contributed by atoms with E-state index in [2.05, 4.69) is 28.7 Å². The Morgan fingerprint density at radius 1 is 1.04 bits per heavy atom. The molecule has 3 N–H and O–H groups in total. The van der Waals surface area contributed by atoms with Crippen LogP contribution < -0.4 is 5.30 Å². The normalized spacial score (nSPS) is 11.2. The number of nitrogens with one attached hydrogen (secondary N) is 1. The molecule has 26 heavy (non-hydrogen) atoms. The zero-order valence-corrected chi connectivity index (χ0v) is 14.9. The van der Waals surface area contributed by atoms with Gasteiger partial charge in [0.05, 0.1) is 10.8 Å². The molecule has 0 bridgehead atoms. The number of fused-ring (bicyclic) bond motifs is 2. The van der Waals surface area contributed by atoms with Crippen LogP contribution in [-0.2, 0) is 11.0 Å². The summed E-state index contributed by atoms with van der Waals surface area (Å²) in [6.45, 7) is 3.58. The first-order valence-electron chi connectivity index (χ1n) is 8.07. The fourth-order valence-electron chi connectivity index (χ4n) is 2.82. The van der Waals surface area contributed by atoms with E-state index in [4.69, 9.17) is 0 Å². The Labute approximate surface area is 151 Å². The number of allylic oxidation sites excluding steroid dienone is 1. The molecule has 0 aliphatic carbocycles. The lowest BCUT2D eigenvalue weighted by atomic mass is 10.2. The molecule has 0 unspecified atom stereocenters. The predicted octanol–water partition coefficient (Wildman–Crippen LogP) is 3.93. The van der Waals surface area contributed by atoms with Crippen molar-refractivity contribution >= 4 is 34.7 Å². The summed E-state index contributed by atoms with van der Waals surface area (Å²) in [4.78, 5) is 25.9. The van der Waals surface area contributed by atoms with E-state index in [1.165, 1.54) is 5.39 Å². The minimum absolute atomic E-state index is 0.0861. The molecule has 6 heteroatoms. The number of hydrogen-bond acceptors (Lipinski definition) is 2. The van der Waals surface area contributed by atoms with E-state index in [9.17, 15) is 14.4 Å². The Balaban J connectivity index is 0.000000167. The van der Waals surface area contributed by atoms with Crippen LogP contribution in [0.5, 0.6) is 0 Å². The summed E-state index contributed by atoms with van der Waals surface area (Å²) in [7, 11) is -4.26. The number of benzene rings is 2. The number of aromatic nitrogens is 2. The number of hydrogen-bond donors (Lipinski definition) is 3. The number of H-pyrrole nitrogens is 1. The van der Waals surface area contributed by atoms with Gasteiger partial charge in [-0.05, 0) is 18.2 Å². The van der Waals surface area contributed by atoms with E-state index < -0.39 is 7.60 Å². The molecule has 4 aromatic rings. The molecule has 2 aromatic carbocycles. The van der Waals surface area contributed by atoms with Gasteiger partial charge in [0.1, 0.15) is 0 Å². The topological polar surface area (TPSA) is 86.2 Å². The second-order valence-corrected chi connectivity index (χ2v) is 7.27. The Bertz CT molecular complexity index is 1030. The maximum absolute atomic E-state index is 11.4. The third-order valence-electron chi connectivity index (χ3n) is 3.91. The van der Waals surface area contributed by atoms with Gasteiger partial charge in [-0.25, -0.2) is 0 Å². The van der Waals surface area contributed by atoms with E-state index in [1.807, 2.05) is 36.5 Å². The highest BCUT2D eigenvalue weighted by Crippen LogP contribution is 2.38. The largest absolute Gasteiger partial charge is 0.358 e. The molecular weight excluding hydrogens is 347 g/mol. The zero-order chi connectivity index (χ0) is 18.6. The highest BCUT2D eigenvalue weighted by Gasteiger charge is 2.25. The molecule has 2 heterocycles. The minimum Gasteiger partial charge on any atom is -0.357 e. The van der Waals surface area contributed by atoms with Crippen molar-refractivity contribution < 1.29 is 14.4 Å². The van der Waals surface area contributed by atoms with Crippen molar-refractivity contribution in [1.82, 2.24) is 9.97 Å². The van der Waals surface area contributed by atoms with Crippen LogP contribution in [0.2, 0.25) is 0 Å². The Hall–Kier alpha value is -2.72. The van der Waals surface area contributed by atoms with Gasteiger partial charge >= 0.3 is 7.60 Å². The van der Waals surface area contributed by atoms with Gasteiger partial charge < -0.3 is 14.8 Å². The highest BCUT2D eigenvalue weighted by molar-refractivity contribution is 7.61. The third kappa shape index (κ3) is 3.92. The lowest BCUT2D eigenvalue weighted by Crippen LogP contribution is -2.08. The third-order valence-corrected chi connectivity index (χ3v) is 5.00. The number of rotatable bonds is 3. The first-order valence-corrected chi connectivity index (χ1v) is 9.68. The van der Waals surface area contributed by atoms with E-state index in [0.717, 1.165) is 11.0 Å². The lowest BCUT2D eigenvalue weighted by Gasteiger charge is -2.04. The standard InChI is InChI=1S/C11H12NO3P.C9H7N/c1-2-5-10-11(16(13,14)15)8-6-3-4-7-9(8)12-10;1-2-6-9-8(4-1)5-3-7-10-9/h2-4,6-7,12H,1,5H2,(H2,13,14,15);1-7H. The first kappa shape index (κ1) is 18.1. The molecule has 0 aliphatic heterocycles. The van der Waals surface area contributed by atoms with Crippen molar-refractivity contribution in [2.24, 2.45) is 0 Å². The fraction of sp³-hybridized carbons (Fsp3) is 0.0500. The Morgan fingerprint density at radius 3 is 2.46 bits per heavy atom. The Kier molecular flexibility index (Phi) is 5.33. The summed E-state index contributed by atoms with van der Waals surface area (Å²) >= 11 is 0. The number of pyridine rings is 1. The van der Waals surface area contributed by atoms with Gasteiger partial charge in [0, 0.05) is 34.6 Å². The minimum atomic E-state index is -4.26. The van der Waals surface area contributed by atoms with E-state index in [1.54, 1.807) is 24.3 Å². The van der Waals surface area contributed by atoms with Crippen LogP contribution in [0, 0.1) is 0 Å². The van der Waals surface area contributed by atoms with Gasteiger partial charge in [0.25, 0.3) is 0 Å². The molecule has 0 spiro atoms. The predicted molar refractivity (Wildman–Crippen MR) is 106 cm³/mol. The summed E-state index contributed by atoms with van der Waals surface area (Å²) in [5.74, 6) is 0.